The second kappa shape index (κ2) is 8.36. The Morgan fingerprint density at radius 3 is 2.50 bits per heavy atom. The first-order valence-electron chi connectivity index (χ1n) is 7.47. The summed E-state index contributed by atoms with van der Waals surface area (Å²) >= 11 is 5.98. The number of amides is 1. The first-order valence-corrected chi connectivity index (χ1v) is 7.85. The van der Waals surface area contributed by atoms with Crippen molar-refractivity contribution in [3.8, 4) is 11.5 Å². The molecule has 2 aromatic carbocycles. The van der Waals surface area contributed by atoms with Crippen LogP contribution in [0.3, 0.4) is 0 Å². The Morgan fingerprint density at radius 1 is 1.12 bits per heavy atom. The minimum absolute atomic E-state index is 0.215. The molecular weight excluding hydrogens is 330 g/mol. The van der Waals surface area contributed by atoms with Gasteiger partial charge in [-0.3, -0.25) is 9.59 Å². The van der Waals surface area contributed by atoms with Gasteiger partial charge in [0.25, 0.3) is 5.91 Å². The van der Waals surface area contributed by atoms with Crippen LogP contribution in [0, 0.1) is 6.92 Å². The molecule has 0 bridgehead atoms. The van der Waals surface area contributed by atoms with Gasteiger partial charge in [-0.1, -0.05) is 36.2 Å². The van der Waals surface area contributed by atoms with E-state index in [4.69, 9.17) is 21.1 Å². The van der Waals surface area contributed by atoms with Gasteiger partial charge in [-0.2, -0.15) is 0 Å². The van der Waals surface area contributed by atoms with Crippen molar-refractivity contribution in [2.75, 3.05) is 11.9 Å². The lowest BCUT2D eigenvalue weighted by Gasteiger charge is -2.13. The Morgan fingerprint density at radius 2 is 1.83 bits per heavy atom. The molecule has 0 unspecified atom stereocenters. The van der Waals surface area contributed by atoms with E-state index < -0.39 is 11.9 Å². The van der Waals surface area contributed by atoms with E-state index in [-0.39, 0.29) is 13.0 Å². The summed E-state index contributed by atoms with van der Waals surface area (Å²) in [4.78, 5) is 23.0. The van der Waals surface area contributed by atoms with Crippen LogP contribution < -0.4 is 10.1 Å². The molecular formula is C18H18ClNO4. The van der Waals surface area contributed by atoms with E-state index in [1.807, 2.05) is 31.2 Å². The zero-order valence-corrected chi connectivity index (χ0v) is 14.2. The zero-order chi connectivity index (χ0) is 17.5. The molecule has 0 saturated carbocycles. The van der Waals surface area contributed by atoms with Crippen molar-refractivity contribution in [3.63, 3.8) is 0 Å². The molecule has 126 valence electrons. The highest BCUT2D eigenvalue weighted by Gasteiger charge is 2.11. The average Bonchev–Trinajstić information content (AvgIpc) is 2.57. The molecule has 0 atom stereocenters. The van der Waals surface area contributed by atoms with Crippen molar-refractivity contribution in [3.05, 3.63) is 53.1 Å². The van der Waals surface area contributed by atoms with Crippen molar-refractivity contribution in [2.24, 2.45) is 0 Å². The molecule has 2 rings (SSSR count). The number of halogens is 1. The maximum atomic E-state index is 11.9. The molecule has 0 aliphatic heterocycles. The standard InChI is InChI=1S/C18H18ClNO4/c1-3-18(22)23-11-17(21)20-15-10-13(19)6-9-16(15)24-14-7-4-12(2)5-8-14/h4-10H,3,11H2,1-2H3,(H,20,21). The molecule has 1 amide bonds. The lowest BCUT2D eigenvalue weighted by molar-refractivity contribution is -0.146. The number of nitrogens with one attached hydrogen (secondary N) is 1. The summed E-state index contributed by atoms with van der Waals surface area (Å²) in [6.45, 7) is 3.28. The lowest BCUT2D eigenvalue weighted by atomic mass is 10.2. The predicted molar refractivity (Wildman–Crippen MR) is 92.6 cm³/mol. The minimum Gasteiger partial charge on any atom is -0.456 e. The highest BCUT2D eigenvalue weighted by molar-refractivity contribution is 6.31. The highest BCUT2D eigenvalue weighted by Crippen LogP contribution is 2.32. The molecule has 0 aliphatic rings. The lowest BCUT2D eigenvalue weighted by Crippen LogP contribution is -2.20. The molecule has 0 saturated heterocycles. The molecule has 5 nitrogen and oxygen atoms in total. The van der Waals surface area contributed by atoms with Crippen LogP contribution in [0.5, 0.6) is 11.5 Å². The van der Waals surface area contributed by atoms with Gasteiger partial charge < -0.3 is 14.8 Å². The van der Waals surface area contributed by atoms with Gasteiger partial charge >= 0.3 is 5.97 Å². The molecule has 2 aromatic rings. The van der Waals surface area contributed by atoms with Crippen LogP contribution in [0.1, 0.15) is 18.9 Å². The largest absolute Gasteiger partial charge is 0.456 e. The molecule has 0 heterocycles. The van der Waals surface area contributed by atoms with E-state index in [1.54, 1.807) is 25.1 Å². The summed E-state index contributed by atoms with van der Waals surface area (Å²) in [5.41, 5.74) is 1.52. The van der Waals surface area contributed by atoms with Crippen LogP contribution in [-0.2, 0) is 14.3 Å². The SMILES string of the molecule is CCC(=O)OCC(=O)Nc1cc(Cl)ccc1Oc1ccc(C)cc1. The Labute approximate surface area is 145 Å². The fraction of sp³-hybridized carbons (Fsp3) is 0.222. The molecule has 0 fully saturated rings. The first-order chi connectivity index (χ1) is 11.5. The van der Waals surface area contributed by atoms with Crippen molar-refractivity contribution in [2.45, 2.75) is 20.3 Å². The summed E-state index contributed by atoms with van der Waals surface area (Å²) in [5, 5.41) is 3.09. The molecule has 0 aliphatic carbocycles. The van der Waals surface area contributed by atoms with Crippen molar-refractivity contribution in [1.82, 2.24) is 0 Å². The number of hydrogen-bond acceptors (Lipinski definition) is 4. The Hall–Kier alpha value is -2.53. The smallest absolute Gasteiger partial charge is 0.306 e. The summed E-state index contributed by atoms with van der Waals surface area (Å²) in [6.07, 6.45) is 0.215. The number of aryl methyl sites for hydroxylation is 1. The van der Waals surface area contributed by atoms with E-state index in [9.17, 15) is 9.59 Å². The molecule has 6 heteroatoms. The Bertz CT molecular complexity index is 728. The van der Waals surface area contributed by atoms with Crippen molar-refractivity contribution >= 4 is 29.2 Å². The summed E-state index contributed by atoms with van der Waals surface area (Å²) in [5.74, 6) is 0.175. The van der Waals surface area contributed by atoms with Crippen LogP contribution in [0.4, 0.5) is 5.69 Å². The van der Waals surface area contributed by atoms with E-state index in [2.05, 4.69) is 5.32 Å². The number of benzene rings is 2. The summed E-state index contributed by atoms with van der Waals surface area (Å²) in [7, 11) is 0. The topological polar surface area (TPSA) is 64.6 Å². The van der Waals surface area contributed by atoms with Crippen LogP contribution in [0.25, 0.3) is 0 Å². The molecule has 0 radical (unpaired) electrons. The highest BCUT2D eigenvalue weighted by atomic mass is 35.5. The van der Waals surface area contributed by atoms with E-state index in [0.717, 1.165) is 5.56 Å². The Balaban J connectivity index is 2.10. The van der Waals surface area contributed by atoms with Gasteiger partial charge in [0.1, 0.15) is 5.75 Å². The van der Waals surface area contributed by atoms with E-state index in [0.29, 0.717) is 22.2 Å². The van der Waals surface area contributed by atoms with Crippen LogP contribution in [-0.4, -0.2) is 18.5 Å². The van der Waals surface area contributed by atoms with Gasteiger partial charge in [-0.25, -0.2) is 0 Å². The van der Waals surface area contributed by atoms with Gasteiger partial charge in [0.05, 0.1) is 5.69 Å². The number of carbonyl (C=O) groups is 2. The monoisotopic (exact) mass is 347 g/mol. The van der Waals surface area contributed by atoms with Gasteiger partial charge in [0, 0.05) is 11.4 Å². The van der Waals surface area contributed by atoms with Crippen molar-refractivity contribution < 1.29 is 19.1 Å². The normalized spacial score (nSPS) is 10.1. The maximum absolute atomic E-state index is 11.9. The van der Waals surface area contributed by atoms with Crippen LogP contribution in [0.2, 0.25) is 5.02 Å². The fourth-order valence-electron chi connectivity index (χ4n) is 1.86. The third-order valence-corrected chi connectivity index (χ3v) is 3.35. The summed E-state index contributed by atoms with van der Waals surface area (Å²) < 4.78 is 10.6. The second-order valence-corrected chi connectivity index (χ2v) is 5.55. The second-order valence-electron chi connectivity index (χ2n) is 5.12. The number of carbonyl (C=O) groups excluding carboxylic acids is 2. The Kier molecular flexibility index (Phi) is 6.21. The third kappa shape index (κ3) is 5.28. The van der Waals surface area contributed by atoms with Gasteiger partial charge in [-0.05, 0) is 37.3 Å². The third-order valence-electron chi connectivity index (χ3n) is 3.12. The number of anilines is 1. The summed E-state index contributed by atoms with van der Waals surface area (Å²) in [6, 6.07) is 12.4. The number of hydrogen-bond donors (Lipinski definition) is 1. The number of ether oxygens (including phenoxy) is 2. The minimum atomic E-state index is -0.465. The molecule has 24 heavy (non-hydrogen) atoms. The van der Waals surface area contributed by atoms with E-state index in [1.165, 1.54) is 0 Å². The average molecular weight is 348 g/mol. The van der Waals surface area contributed by atoms with Gasteiger partial charge in [0.15, 0.2) is 12.4 Å². The maximum Gasteiger partial charge on any atom is 0.306 e. The quantitative estimate of drug-likeness (QED) is 0.790. The van der Waals surface area contributed by atoms with Gasteiger partial charge in [-0.15, -0.1) is 0 Å². The number of esters is 1. The molecule has 1 N–H and O–H groups in total. The van der Waals surface area contributed by atoms with Crippen LogP contribution in [0.15, 0.2) is 42.5 Å². The zero-order valence-electron chi connectivity index (χ0n) is 13.5. The van der Waals surface area contributed by atoms with Crippen LogP contribution >= 0.6 is 11.6 Å². The number of rotatable bonds is 6. The predicted octanol–water partition coefficient (Wildman–Crippen LogP) is 4.33. The molecule has 0 aromatic heterocycles. The molecule has 0 spiro atoms. The van der Waals surface area contributed by atoms with Crippen molar-refractivity contribution in [1.29, 1.82) is 0 Å². The van der Waals surface area contributed by atoms with E-state index >= 15 is 0 Å². The fourth-order valence-corrected chi connectivity index (χ4v) is 2.03. The first kappa shape index (κ1) is 17.8. The van der Waals surface area contributed by atoms with Gasteiger partial charge in [0.2, 0.25) is 0 Å².